The van der Waals surface area contributed by atoms with E-state index in [0.717, 1.165) is 18.4 Å². The summed E-state index contributed by atoms with van der Waals surface area (Å²) < 4.78 is 5.26. The zero-order chi connectivity index (χ0) is 21.1. The van der Waals surface area contributed by atoms with Gasteiger partial charge < -0.3 is 14.5 Å². The quantitative estimate of drug-likeness (QED) is 0.481. The van der Waals surface area contributed by atoms with Crippen LogP contribution in [-0.4, -0.2) is 55.3 Å². The molecule has 1 aliphatic rings. The third kappa shape index (κ3) is 6.37. The monoisotopic (exact) mass is 407 g/mol. The fourth-order valence-electron chi connectivity index (χ4n) is 2.91. The van der Waals surface area contributed by atoms with E-state index >= 15 is 0 Å². The molecule has 0 radical (unpaired) electrons. The highest BCUT2D eigenvalue weighted by Crippen LogP contribution is 2.35. The second kappa shape index (κ2) is 12.2. The van der Waals surface area contributed by atoms with E-state index in [0.29, 0.717) is 36.0 Å². The summed E-state index contributed by atoms with van der Waals surface area (Å²) in [6, 6.07) is 7.12. The van der Waals surface area contributed by atoms with E-state index in [-0.39, 0.29) is 12.0 Å². The van der Waals surface area contributed by atoms with Gasteiger partial charge in [0.1, 0.15) is 0 Å². The summed E-state index contributed by atoms with van der Waals surface area (Å²) >= 11 is 6.17. The minimum atomic E-state index is -0.373. The minimum Gasteiger partial charge on any atom is -0.463 e. The lowest BCUT2D eigenvalue weighted by Gasteiger charge is -2.35. The smallest absolute Gasteiger partial charge is 0.338 e. The highest BCUT2D eigenvalue weighted by molar-refractivity contribution is 6.30. The van der Waals surface area contributed by atoms with Gasteiger partial charge in [0.05, 0.1) is 30.3 Å². The molecule has 0 fully saturated rings. The van der Waals surface area contributed by atoms with Crippen molar-refractivity contribution in [3.05, 3.63) is 46.1 Å². The lowest BCUT2D eigenvalue weighted by Crippen LogP contribution is -2.36. The minimum absolute atomic E-state index is 0.297. The molecular weight excluding hydrogens is 378 g/mol. The van der Waals surface area contributed by atoms with Gasteiger partial charge in [0.2, 0.25) is 6.41 Å². The van der Waals surface area contributed by atoms with Gasteiger partial charge in [-0.2, -0.15) is 0 Å². The van der Waals surface area contributed by atoms with E-state index in [1.54, 1.807) is 38.2 Å². The molecule has 28 heavy (non-hydrogen) atoms. The van der Waals surface area contributed by atoms with E-state index in [1.807, 2.05) is 36.9 Å². The number of ether oxygens (including phenoxy) is 1. The number of allylic oxidation sites excluding steroid dienone is 1. The Hall–Kier alpha value is -2.34. The largest absolute Gasteiger partial charge is 0.463 e. The Morgan fingerprint density at radius 1 is 1.39 bits per heavy atom. The maximum atomic E-state index is 12.6. The Kier molecular flexibility index (Phi) is 10.3. The second-order valence-corrected chi connectivity index (χ2v) is 6.54. The molecule has 0 aliphatic carbocycles. The zero-order valence-electron chi connectivity index (χ0n) is 17.3. The maximum absolute atomic E-state index is 12.6. The number of rotatable bonds is 8. The summed E-state index contributed by atoms with van der Waals surface area (Å²) in [7, 11) is 1.74. The van der Waals surface area contributed by atoms with Crippen LogP contribution >= 0.6 is 11.6 Å². The second-order valence-electron chi connectivity index (χ2n) is 6.10. The number of carbonyl (C=O) groups is 2. The van der Waals surface area contributed by atoms with Crippen molar-refractivity contribution in [3.8, 4) is 0 Å². The molecule has 1 atom stereocenters. The van der Waals surface area contributed by atoms with Crippen LogP contribution in [0.2, 0.25) is 5.02 Å². The van der Waals surface area contributed by atoms with Crippen LogP contribution in [0.1, 0.15) is 45.7 Å². The molecule has 0 saturated heterocycles. The molecule has 0 bridgehead atoms. The average molecular weight is 408 g/mol. The Labute approximate surface area is 172 Å². The van der Waals surface area contributed by atoms with Crippen LogP contribution in [0.3, 0.4) is 0 Å². The van der Waals surface area contributed by atoms with Crippen molar-refractivity contribution >= 4 is 30.3 Å². The van der Waals surface area contributed by atoms with Gasteiger partial charge >= 0.3 is 5.97 Å². The number of carbonyl (C=O) groups excluding carboxylic acids is 2. The Morgan fingerprint density at radius 2 is 2.11 bits per heavy atom. The van der Waals surface area contributed by atoms with E-state index in [4.69, 9.17) is 16.3 Å². The van der Waals surface area contributed by atoms with Crippen LogP contribution in [0, 0.1) is 0 Å². The molecule has 0 aromatic heterocycles. The topological polar surface area (TPSA) is 62.2 Å². The lowest BCUT2D eigenvalue weighted by atomic mass is 9.94. The van der Waals surface area contributed by atoms with Crippen molar-refractivity contribution in [2.75, 3.05) is 26.7 Å². The number of esters is 1. The molecule has 0 saturated carbocycles. The van der Waals surface area contributed by atoms with Crippen LogP contribution in [0.15, 0.2) is 40.5 Å². The van der Waals surface area contributed by atoms with Crippen molar-refractivity contribution < 1.29 is 14.3 Å². The number of amides is 1. The first kappa shape index (κ1) is 23.7. The van der Waals surface area contributed by atoms with Crippen molar-refractivity contribution in [2.24, 2.45) is 4.99 Å². The van der Waals surface area contributed by atoms with Gasteiger partial charge in [-0.05, 0) is 38.0 Å². The Morgan fingerprint density at radius 3 is 2.71 bits per heavy atom. The van der Waals surface area contributed by atoms with Gasteiger partial charge in [0.15, 0.2) is 0 Å². The molecule has 154 valence electrons. The maximum Gasteiger partial charge on any atom is 0.338 e. The fraction of sp³-hybridized carbons (Fsp3) is 0.476. The number of hydrogen-bond acceptors (Lipinski definition) is 5. The fourth-order valence-corrected chi connectivity index (χ4v) is 3.10. The molecule has 1 amide bonds. The Balaban J connectivity index is 0.00000190. The predicted octanol–water partition coefficient (Wildman–Crippen LogP) is 4.07. The van der Waals surface area contributed by atoms with Crippen LogP contribution in [0.25, 0.3) is 0 Å². The molecule has 1 heterocycles. The molecule has 1 aromatic carbocycles. The standard InChI is InChI=1S/C19H24ClN3O3.C2H6/c1-4-26-19(25)17-14(2)21-12-23(10-6-9-22(3)13-24)18(17)15-7-5-8-16(20)11-15;1-2/h5,7-8,11-13,18H,4,6,9-10H2,1-3H3;1-2H3. The van der Waals surface area contributed by atoms with Gasteiger partial charge in [-0.1, -0.05) is 37.6 Å². The molecule has 0 spiro atoms. The lowest BCUT2D eigenvalue weighted by molar-refractivity contribution is -0.139. The van der Waals surface area contributed by atoms with Crippen molar-refractivity contribution in [1.29, 1.82) is 0 Å². The predicted molar refractivity (Wildman–Crippen MR) is 113 cm³/mol. The third-order valence-corrected chi connectivity index (χ3v) is 4.40. The molecule has 1 aliphatic heterocycles. The number of halogens is 1. The first-order valence-electron chi connectivity index (χ1n) is 9.56. The molecule has 1 unspecified atom stereocenters. The van der Waals surface area contributed by atoms with Crippen LogP contribution in [-0.2, 0) is 14.3 Å². The molecule has 2 rings (SSSR count). The highest BCUT2D eigenvalue weighted by Gasteiger charge is 2.32. The number of nitrogens with zero attached hydrogens (tertiary/aromatic N) is 3. The highest BCUT2D eigenvalue weighted by atomic mass is 35.5. The Bertz CT molecular complexity index is 719. The molecule has 0 N–H and O–H groups in total. The summed E-state index contributed by atoms with van der Waals surface area (Å²) in [5.74, 6) is -0.373. The van der Waals surface area contributed by atoms with Crippen LogP contribution < -0.4 is 0 Å². The van der Waals surface area contributed by atoms with Gasteiger partial charge in [-0.15, -0.1) is 0 Å². The van der Waals surface area contributed by atoms with Gasteiger partial charge in [0, 0.05) is 25.2 Å². The van der Waals surface area contributed by atoms with Crippen LogP contribution in [0.5, 0.6) is 0 Å². The molecule has 6 nitrogen and oxygen atoms in total. The summed E-state index contributed by atoms with van der Waals surface area (Å²) in [5.41, 5.74) is 2.05. The average Bonchev–Trinajstić information content (AvgIpc) is 2.70. The summed E-state index contributed by atoms with van der Waals surface area (Å²) in [6.07, 6.45) is 3.28. The van der Waals surface area contributed by atoms with E-state index in [1.165, 1.54) is 0 Å². The summed E-state index contributed by atoms with van der Waals surface area (Å²) in [4.78, 5) is 31.3. The number of benzene rings is 1. The van der Waals surface area contributed by atoms with E-state index in [2.05, 4.69) is 4.99 Å². The number of aliphatic imine (C=N–C) groups is 1. The first-order valence-corrected chi connectivity index (χ1v) is 9.94. The van der Waals surface area contributed by atoms with E-state index < -0.39 is 0 Å². The molecule has 1 aromatic rings. The van der Waals surface area contributed by atoms with Crippen molar-refractivity contribution in [2.45, 2.75) is 40.2 Å². The molecule has 7 heteroatoms. The normalized spacial score (nSPS) is 15.6. The van der Waals surface area contributed by atoms with Crippen molar-refractivity contribution in [1.82, 2.24) is 9.80 Å². The number of hydrogen-bond donors (Lipinski definition) is 0. The van der Waals surface area contributed by atoms with Gasteiger partial charge in [-0.3, -0.25) is 4.79 Å². The van der Waals surface area contributed by atoms with Crippen LogP contribution in [0.4, 0.5) is 0 Å². The van der Waals surface area contributed by atoms with Gasteiger partial charge in [0.25, 0.3) is 0 Å². The van der Waals surface area contributed by atoms with E-state index in [9.17, 15) is 9.59 Å². The first-order chi connectivity index (χ1) is 13.5. The summed E-state index contributed by atoms with van der Waals surface area (Å²) in [5, 5.41) is 0.603. The third-order valence-electron chi connectivity index (χ3n) is 4.16. The SMILES string of the molecule is CC.CCOC(=O)C1=C(C)N=CN(CCCN(C)C=O)C1c1cccc(Cl)c1. The zero-order valence-corrected chi connectivity index (χ0v) is 18.1. The van der Waals surface area contributed by atoms with Gasteiger partial charge in [-0.25, -0.2) is 9.79 Å². The van der Waals surface area contributed by atoms with Crippen molar-refractivity contribution in [3.63, 3.8) is 0 Å². The molecular formula is C21H30ClN3O3. The summed E-state index contributed by atoms with van der Waals surface area (Å²) in [6.45, 7) is 9.13.